The van der Waals surface area contributed by atoms with Gasteiger partial charge in [-0.2, -0.15) is 0 Å². The van der Waals surface area contributed by atoms with E-state index in [0.29, 0.717) is 17.5 Å². The molecule has 100 valence electrons. The van der Waals surface area contributed by atoms with Gasteiger partial charge in [-0.25, -0.2) is 0 Å². The van der Waals surface area contributed by atoms with Crippen LogP contribution in [-0.2, 0) is 0 Å². The lowest BCUT2D eigenvalue weighted by Gasteiger charge is -2.57. The number of hydrogen-bond donors (Lipinski definition) is 0. The molecule has 0 aliphatic carbocycles. The van der Waals surface area contributed by atoms with Gasteiger partial charge in [0.05, 0.1) is 0 Å². The molecular weight excluding hydrogens is 208 g/mol. The van der Waals surface area contributed by atoms with Crippen molar-refractivity contribution in [2.75, 3.05) is 26.2 Å². The van der Waals surface area contributed by atoms with Gasteiger partial charge in [0, 0.05) is 38.3 Å². The molecule has 2 bridgehead atoms. The Morgan fingerprint density at radius 1 is 0.765 bits per heavy atom. The predicted octanol–water partition coefficient (Wildman–Crippen LogP) is 2.69. The van der Waals surface area contributed by atoms with Gasteiger partial charge in [-0.3, -0.25) is 0 Å². The van der Waals surface area contributed by atoms with Crippen LogP contribution in [0.4, 0.5) is 0 Å². The van der Waals surface area contributed by atoms with Crippen LogP contribution in [0.5, 0.6) is 0 Å². The number of fused-ring (bicyclic) bond motifs is 2. The minimum absolute atomic E-state index is 0.538. The van der Waals surface area contributed by atoms with Crippen LogP contribution >= 0.6 is 0 Å². The summed E-state index contributed by atoms with van der Waals surface area (Å²) in [6.45, 7) is 19.5. The predicted molar refractivity (Wildman–Crippen MR) is 74.2 cm³/mol. The zero-order valence-electron chi connectivity index (χ0n) is 12.5. The van der Waals surface area contributed by atoms with E-state index in [1.54, 1.807) is 0 Å². The van der Waals surface area contributed by atoms with Crippen LogP contribution in [0.2, 0.25) is 0 Å². The third-order valence-electron chi connectivity index (χ3n) is 5.38. The summed E-state index contributed by atoms with van der Waals surface area (Å²) in [5.41, 5.74) is 0.538. The molecule has 0 saturated carbocycles. The summed E-state index contributed by atoms with van der Waals surface area (Å²) in [5, 5.41) is 0. The van der Waals surface area contributed by atoms with Crippen molar-refractivity contribution < 1.29 is 0 Å². The summed E-state index contributed by atoms with van der Waals surface area (Å²) < 4.78 is 0. The first kappa shape index (κ1) is 13.4. The van der Waals surface area contributed by atoms with E-state index in [-0.39, 0.29) is 0 Å². The number of likely N-dealkylation sites (tertiary alicyclic amines) is 2. The first-order chi connectivity index (χ1) is 7.82. The van der Waals surface area contributed by atoms with E-state index < -0.39 is 0 Å². The third kappa shape index (κ3) is 2.39. The Bertz CT molecular complexity index is 232. The molecule has 0 amide bonds. The second-order valence-electron chi connectivity index (χ2n) is 7.31. The summed E-state index contributed by atoms with van der Waals surface area (Å²) >= 11 is 0. The lowest BCUT2D eigenvalue weighted by Crippen LogP contribution is -2.63. The molecule has 2 fully saturated rings. The van der Waals surface area contributed by atoms with Crippen molar-refractivity contribution in [3.8, 4) is 0 Å². The molecule has 2 saturated heterocycles. The second kappa shape index (κ2) is 4.55. The van der Waals surface area contributed by atoms with Gasteiger partial charge >= 0.3 is 0 Å². The highest BCUT2D eigenvalue weighted by molar-refractivity contribution is 5.00. The largest absolute Gasteiger partial charge is 0.300 e. The lowest BCUT2D eigenvalue weighted by molar-refractivity contribution is -0.0867. The van der Waals surface area contributed by atoms with Crippen molar-refractivity contribution in [2.45, 2.75) is 53.6 Å². The van der Waals surface area contributed by atoms with Crippen LogP contribution in [0.15, 0.2) is 0 Å². The Morgan fingerprint density at radius 3 is 1.29 bits per heavy atom. The molecule has 2 rings (SSSR count). The van der Waals surface area contributed by atoms with Crippen molar-refractivity contribution in [1.29, 1.82) is 0 Å². The van der Waals surface area contributed by atoms with Crippen molar-refractivity contribution in [1.82, 2.24) is 9.80 Å². The minimum atomic E-state index is 0.538. The fraction of sp³-hybridized carbons (Fsp3) is 1.00. The SMILES string of the molecule is CC(C)N1CC2CN(C(C)C)CC(C1)C2(C)C. The maximum Gasteiger partial charge on any atom is 0.00388 e. The summed E-state index contributed by atoms with van der Waals surface area (Å²) in [5.74, 6) is 1.69. The Balaban J connectivity index is 2.14. The molecule has 0 N–H and O–H groups in total. The fourth-order valence-corrected chi connectivity index (χ4v) is 3.51. The van der Waals surface area contributed by atoms with Crippen molar-refractivity contribution in [3.63, 3.8) is 0 Å². The smallest absolute Gasteiger partial charge is 0.00388 e. The Kier molecular flexibility index (Phi) is 3.57. The number of hydrogen-bond acceptors (Lipinski definition) is 2. The number of nitrogens with zero attached hydrogens (tertiary/aromatic N) is 2. The van der Waals surface area contributed by atoms with E-state index in [1.807, 2.05) is 0 Å². The van der Waals surface area contributed by atoms with Gasteiger partial charge in [0.2, 0.25) is 0 Å². The van der Waals surface area contributed by atoms with Gasteiger partial charge < -0.3 is 9.80 Å². The van der Waals surface area contributed by atoms with Crippen molar-refractivity contribution in [2.24, 2.45) is 17.3 Å². The number of rotatable bonds is 2. The maximum atomic E-state index is 2.69. The molecule has 0 atom stereocenters. The third-order valence-corrected chi connectivity index (χ3v) is 5.38. The van der Waals surface area contributed by atoms with Gasteiger partial charge in [0.25, 0.3) is 0 Å². The highest BCUT2D eigenvalue weighted by Gasteiger charge is 2.48. The molecule has 0 aromatic heterocycles. The summed E-state index contributed by atoms with van der Waals surface area (Å²) in [6.07, 6.45) is 0. The van der Waals surface area contributed by atoms with Crippen LogP contribution in [0, 0.1) is 17.3 Å². The quantitative estimate of drug-likeness (QED) is 0.730. The topological polar surface area (TPSA) is 6.48 Å². The van der Waals surface area contributed by atoms with Gasteiger partial charge in [-0.1, -0.05) is 13.8 Å². The van der Waals surface area contributed by atoms with Gasteiger partial charge in [0.1, 0.15) is 0 Å². The molecule has 0 aromatic rings. The molecule has 0 unspecified atom stereocenters. The molecule has 2 heterocycles. The van der Waals surface area contributed by atoms with E-state index in [9.17, 15) is 0 Å². The normalized spacial score (nSPS) is 34.6. The first-order valence-corrected chi connectivity index (χ1v) is 7.30. The molecule has 2 aliphatic rings. The molecule has 0 radical (unpaired) electrons. The minimum Gasteiger partial charge on any atom is -0.300 e. The van der Waals surface area contributed by atoms with E-state index in [1.165, 1.54) is 26.2 Å². The molecule has 2 nitrogen and oxygen atoms in total. The fourth-order valence-electron chi connectivity index (χ4n) is 3.51. The summed E-state index contributed by atoms with van der Waals surface area (Å²) in [4.78, 5) is 5.39. The molecular formula is C15H30N2. The van der Waals surface area contributed by atoms with Gasteiger partial charge in [-0.05, 0) is 44.9 Å². The molecule has 17 heavy (non-hydrogen) atoms. The Labute approximate surface area is 107 Å². The standard InChI is InChI=1S/C15H30N2/c1-11(2)16-7-13-9-17(12(3)4)10-14(8-16)15(13,5)6/h11-14H,7-10H2,1-6H3. The maximum absolute atomic E-state index is 2.69. The first-order valence-electron chi connectivity index (χ1n) is 7.30. The monoisotopic (exact) mass is 238 g/mol. The van der Waals surface area contributed by atoms with Crippen molar-refractivity contribution in [3.05, 3.63) is 0 Å². The van der Waals surface area contributed by atoms with E-state index in [0.717, 1.165) is 11.8 Å². The lowest BCUT2D eigenvalue weighted by atomic mass is 9.63. The van der Waals surface area contributed by atoms with E-state index in [2.05, 4.69) is 51.3 Å². The zero-order chi connectivity index (χ0) is 12.8. The highest BCUT2D eigenvalue weighted by Crippen LogP contribution is 2.45. The molecule has 0 aromatic carbocycles. The molecule has 2 aliphatic heterocycles. The second-order valence-corrected chi connectivity index (χ2v) is 7.31. The summed E-state index contributed by atoms with van der Waals surface area (Å²) in [7, 11) is 0. The summed E-state index contributed by atoms with van der Waals surface area (Å²) in [6, 6.07) is 1.42. The van der Waals surface area contributed by atoms with Crippen LogP contribution in [0.3, 0.4) is 0 Å². The van der Waals surface area contributed by atoms with Gasteiger partial charge in [-0.15, -0.1) is 0 Å². The van der Waals surface area contributed by atoms with Crippen LogP contribution < -0.4 is 0 Å². The van der Waals surface area contributed by atoms with Crippen molar-refractivity contribution >= 4 is 0 Å². The molecule has 2 heteroatoms. The van der Waals surface area contributed by atoms with E-state index in [4.69, 9.17) is 0 Å². The highest BCUT2D eigenvalue weighted by atomic mass is 15.2. The Morgan fingerprint density at radius 2 is 1.06 bits per heavy atom. The van der Waals surface area contributed by atoms with Crippen LogP contribution in [0.1, 0.15) is 41.5 Å². The average Bonchev–Trinajstić information content (AvgIpc) is 2.14. The Hall–Kier alpha value is -0.0800. The van der Waals surface area contributed by atoms with E-state index >= 15 is 0 Å². The zero-order valence-corrected chi connectivity index (χ0v) is 12.5. The van der Waals surface area contributed by atoms with Crippen LogP contribution in [0.25, 0.3) is 0 Å². The number of piperidine rings is 2. The van der Waals surface area contributed by atoms with Crippen LogP contribution in [-0.4, -0.2) is 48.1 Å². The van der Waals surface area contributed by atoms with Gasteiger partial charge in [0.15, 0.2) is 0 Å². The average molecular weight is 238 g/mol. The molecule has 0 spiro atoms.